The van der Waals surface area contributed by atoms with Crippen molar-refractivity contribution in [2.24, 2.45) is 0 Å². The highest BCUT2D eigenvalue weighted by molar-refractivity contribution is 8.13. The zero-order valence-corrected chi connectivity index (χ0v) is 17.8. The molecule has 2 rings (SSSR count). The second-order valence-corrected chi connectivity index (χ2v) is 7.27. The normalized spacial score (nSPS) is 11.4. The van der Waals surface area contributed by atoms with Crippen molar-refractivity contribution in [2.75, 3.05) is 12.4 Å². The van der Waals surface area contributed by atoms with Crippen LogP contribution < -0.4 is 10.1 Å². The van der Waals surface area contributed by atoms with Crippen LogP contribution in [-0.2, 0) is 14.3 Å². The van der Waals surface area contributed by atoms with Crippen molar-refractivity contribution in [2.45, 2.75) is 19.9 Å². The summed E-state index contributed by atoms with van der Waals surface area (Å²) >= 11 is 0.478. The predicted molar refractivity (Wildman–Crippen MR) is 111 cm³/mol. The molecule has 0 aliphatic heterocycles. The van der Waals surface area contributed by atoms with Gasteiger partial charge in [0.2, 0.25) is 5.91 Å². The molecule has 0 spiro atoms. The van der Waals surface area contributed by atoms with Crippen molar-refractivity contribution in [1.29, 1.82) is 0 Å². The third-order valence-corrected chi connectivity index (χ3v) is 4.77. The van der Waals surface area contributed by atoms with E-state index in [9.17, 15) is 28.0 Å². The van der Waals surface area contributed by atoms with Crippen molar-refractivity contribution in [3.63, 3.8) is 0 Å². The van der Waals surface area contributed by atoms with Crippen molar-refractivity contribution in [3.8, 4) is 16.9 Å². The SMILES string of the molecule is CCOC(=O)c1cc(-c2ccc(F)cc2F)ccc1OC(=O)SCC(NC(C)=O)C(=O)O. The summed E-state index contributed by atoms with van der Waals surface area (Å²) in [4.78, 5) is 46.7. The lowest BCUT2D eigenvalue weighted by Crippen LogP contribution is -2.41. The Bertz CT molecular complexity index is 1040. The van der Waals surface area contributed by atoms with Crippen molar-refractivity contribution in [1.82, 2.24) is 5.32 Å². The third kappa shape index (κ3) is 6.77. The third-order valence-electron chi connectivity index (χ3n) is 3.95. The van der Waals surface area contributed by atoms with Gasteiger partial charge in [0, 0.05) is 24.3 Å². The average Bonchev–Trinajstić information content (AvgIpc) is 2.71. The molecule has 1 unspecified atom stereocenters. The summed E-state index contributed by atoms with van der Waals surface area (Å²) in [5.74, 6) is -4.89. The second kappa shape index (κ2) is 11.2. The van der Waals surface area contributed by atoms with Gasteiger partial charge in [-0.05, 0) is 48.5 Å². The molecule has 2 N–H and O–H groups in total. The summed E-state index contributed by atoms with van der Waals surface area (Å²) in [6, 6.07) is 5.47. The number of amides is 1. The van der Waals surface area contributed by atoms with Crippen LogP contribution in [0.4, 0.5) is 13.6 Å². The molecule has 0 saturated carbocycles. The lowest BCUT2D eigenvalue weighted by atomic mass is 10.0. The first-order valence-electron chi connectivity index (χ1n) is 9.23. The molecule has 170 valence electrons. The van der Waals surface area contributed by atoms with Crippen molar-refractivity contribution >= 4 is 34.9 Å². The first kappa shape index (κ1) is 24.8. The van der Waals surface area contributed by atoms with E-state index < -0.39 is 40.8 Å². The molecule has 0 radical (unpaired) electrons. The number of carboxylic acids is 1. The average molecular weight is 467 g/mol. The van der Waals surface area contributed by atoms with Crippen molar-refractivity contribution in [3.05, 3.63) is 53.6 Å². The monoisotopic (exact) mass is 467 g/mol. The Morgan fingerprint density at radius 3 is 2.44 bits per heavy atom. The highest BCUT2D eigenvalue weighted by Gasteiger charge is 2.23. The number of rotatable bonds is 8. The van der Waals surface area contributed by atoms with E-state index in [-0.39, 0.29) is 34.8 Å². The Morgan fingerprint density at radius 2 is 1.84 bits per heavy atom. The van der Waals surface area contributed by atoms with E-state index in [1.165, 1.54) is 24.3 Å². The minimum absolute atomic E-state index is 0.0174. The summed E-state index contributed by atoms with van der Waals surface area (Å²) in [7, 11) is 0. The molecule has 0 saturated heterocycles. The van der Waals surface area contributed by atoms with E-state index >= 15 is 0 Å². The van der Waals surface area contributed by atoms with Gasteiger partial charge in [-0.3, -0.25) is 4.79 Å². The summed E-state index contributed by atoms with van der Waals surface area (Å²) < 4.78 is 37.4. The van der Waals surface area contributed by atoms with Crippen LogP contribution in [0.25, 0.3) is 11.1 Å². The van der Waals surface area contributed by atoms with Gasteiger partial charge in [-0.2, -0.15) is 0 Å². The maximum Gasteiger partial charge on any atom is 0.372 e. The Balaban J connectivity index is 2.26. The quantitative estimate of drug-likeness (QED) is 0.565. The van der Waals surface area contributed by atoms with Crippen LogP contribution in [0.1, 0.15) is 24.2 Å². The molecule has 2 aromatic carbocycles. The molecule has 0 aliphatic carbocycles. The van der Waals surface area contributed by atoms with E-state index in [1.807, 2.05) is 0 Å². The Kier molecular flexibility index (Phi) is 8.71. The van der Waals surface area contributed by atoms with Crippen LogP contribution in [0.2, 0.25) is 0 Å². The zero-order valence-electron chi connectivity index (χ0n) is 17.0. The maximum absolute atomic E-state index is 14.1. The number of nitrogens with one attached hydrogen (secondary N) is 1. The van der Waals surface area contributed by atoms with Crippen LogP contribution >= 0.6 is 11.8 Å². The summed E-state index contributed by atoms with van der Waals surface area (Å²) in [5.41, 5.74) is 0.0529. The molecule has 0 aromatic heterocycles. The fraction of sp³-hybridized carbons (Fsp3) is 0.238. The van der Waals surface area contributed by atoms with Gasteiger partial charge in [0.1, 0.15) is 29.0 Å². The lowest BCUT2D eigenvalue weighted by molar-refractivity contribution is -0.140. The molecule has 11 heteroatoms. The molecule has 1 atom stereocenters. The van der Waals surface area contributed by atoms with E-state index in [0.29, 0.717) is 17.8 Å². The van der Waals surface area contributed by atoms with Gasteiger partial charge in [0.25, 0.3) is 0 Å². The van der Waals surface area contributed by atoms with Gasteiger partial charge in [-0.25, -0.2) is 23.2 Å². The summed E-state index contributed by atoms with van der Waals surface area (Å²) in [6.07, 6.45) is 0. The number of ether oxygens (including phenoxy) is 2. The van der Waals surface area contributed by atoms with Gasteiger partial charge >= 0.3 is 17.2 Å². The fourth-order valence-electron chi connectivity index (χ4n) is 2.57. The second-order valence-electron chi connectivity index (χ2n) is 6.31. The molecular weight excluding hydrogens is 448 g/mol. The number of aliphatic carboxylic acids is 1. The van der Waals surface area contributed by atoms with Gasteiger partial charge in [-0.1, -0.05) is 6.07 Å². The number of carboxylic acid groups (broad SMARTS) is 1. The first-order chi connectivity index (χ1) is 15.1. The summed E-state index contributed by atoms with van der Waals surface area (Å²) in [5, 5.41) is 10.3. The van der Waals surface area contributed by atoms with Crippen LogP contribution in [0, 0.1) is 11.6 Å². The number of carbonyl (C=O) groups excluding carboxylic acids is 3. The molecule has 8 nitrogen and oxygen atoms in total. The number of esters is 1. The largest absolute Gasteiger partial charge is 0.480 e. The predicted octanol–water partition coefficient (Wildman–Crippen LogP) is 3.63. The summed E-state index contributed by atoms with van der Waals surface area (Å²) in [6.45, 7) is 2.72. The minimum Gasteiger partial charge on any atom is -0.480 e. The highest BCUT2D eigenvalue weighted by Crippen LogP contribution is 2.30. The van der Waals surface area contributed by atoms with E-state index in [4.69, 9.17) is 14.6 Å². The van der Waals surface area contributed by atoms with Gasteiger partial charge in [0.05, 0.1) is 6.61 Å². The van der Waals surface area contributed by atoms with Crippen molar-refractivity contribution < 1.29 is 42.5 Å². The van der Waals surface area contributed by atoms with Crippen LogP contribution in [-0.4, -0.2) is 46.7 Å². The van der Waals surface area contributed by atoms with E-state index in [1.54, 1.807) is 6.92 Å². The van der Waals surface area contributed by atoms with E-state index in [0.717, 1.165) is 13.0 Å². The van der Waals surface area contributed by atoms with E-state index in [2.05, 4.69) is 5.32 Å². The van der Waals surface area contributed by atoms with Crippen LogP contribution in [0.5, 0.6) is 5.75 Å². The number of benzene rings is 2. The smallest absolute Gasteiger partial charge is 0.372 e. The first-order valence-corrected chi connectivity index (χ1v) is 10.2. The Hall–Kier alpha value is -3.47. The number of carbonyl (C=O) groups is 4. The lowest BCUT2D eigenvalue weighted by Gasteiger charge is -2.14. The van der Waals surface area contributed by atoms with Gasteiger partial charge in [-0.15, -0.1) is 0 Å². The molecule has 2 aromatic rings. The number of halogens is 2. The van der Waals surface area contributed by atoms with Gasteiger partial charge < -0.3 is 19.9 Å². The molecule has 32 heavy (non-hydrogen) atoms. The van der Waals surface area contributed by atoms with Crippen LogP contribution in [0.15, 0.2) is 36.4 Å². The van der Waals surface area contributed by atoms with Gasteiger partial charge in [0.15, 0.2) is 0 Å². The molecule has 1 amide bonds. The van der Waals surface area contributed by atoms with Crippen LogP contribution in [0.3, 0.4) is 0 Å². The standard InChI is InChI=1S/C21H19F2NO7S/c1-3-30-20(28)15-8-12(14-6-5-13(22)9-16(14)23)4-7-18(15)31-21(29)32-10-17(19(26)27)24-11(2)25/h4-9,17H,3,10H2,1-2H3,(H,24,25)(H,26,27). The molecular formula is C21H19F2NO7S. The molecule has 0 fully saturated rings. The number of hydrogen-bond acceptors (Lipinski definition) is 7. The minimum atomic E-state index is -1.33. The fourth-order valence-corrected chi connectivity index (χ4v) is 3.25. The molecule has 0 heterocycles. The Morgan fingerprint density at radius 1 is 1.12 bits per heavy atom. The number of thioether (sulfide) groups is 1. The molecule has 0 aliphatic rings. The maximum atomic E-state index is 14.1. The zero-order chi connectivity index (χ0) is 23.8. The topological polar surface area (TPSA) is 119 Å². The molecule has 0 bridgehead atoms. The Labute approximate surface area is 185 Å². The number of hydrogen-bond donors (Lipinski definition) is 2. The highest BCUT2D eigenvalue weighted by atomic mass is 32.2.